The van der Waals surface area contributed by atoms with Crippen molar-refractivity contribution < 1.29 is 9.59 Å². The van der Waals surface area contributed by atoms with Crippen molar-refractivity contribution in [3.05, 3.63) is 66.2 Å². The highest BCUT2D eigenvalue weighted by molar-refractivity contribution is 5.97. The van der Waals surface area contributed by atoms with Gasteiger partial charge in [0.25, 0.3) is 0 Å². The van der Waals surface area contributed by atoms with Gasteiger partial charge in [-0.3, -0.25) is 9.59 Å². The number of rotatable bonds is 5. The lowest BCUT2D eigenvalue weighted by molar-refractivity contribution is -0.125. The fourth-order valence-corrected chi connectivity index (χ4v) is 2.06. The van der Waals surface area contributed by atoms with E-state index in [9.17, 15) is 9.59 Å². The molecule has 0 aliphatic heterocycles. The molecule has 0 saturated heterocycles. The Hall–Kier alpha value is -2.62. The van der Waals surface area contributed by atoms with Crippen LogP contribution in [-0.2, 0) is 16.0 Å². The van der Waals surface area contributed by atoms with Gasteiger partial charge in [-0.2, -0.15) is 0 Å². The molecule has 2 amide bonds. The maximum Gasteiger partial charge on any atom is 0.247 e. The monoisotopic (exact) mass is 282 g/mol. The lowest BCUT2D eigenvalue weighted by Gasteiger charge is -2.17. The van der Waals surface area contributed by atoms with Crippen molar-refractivity contribution in [3.8, 4) is 0 Å². The number of nitrogens with one attached hydrogen (secondary N) is 2. The topological polar surface area (TPSA) is 58.2 Å². The molecule has 0 aromatic heterocycles. The second-order valence-electron chi connectivity index (χ2n) is 4.80. The van der Waals surface area contributed by atoms with Crippen molar-refractivity contribution >= 4 is 17.5 Å². The molecule has 0 spiro atoms. The van der Waals surface area contributed by atoms with Gasteiger partial charge >= 0.3 is 0 Å². The number of carbonyl (C=O) groups is 2. The lowest BCUT2D eigenvalue weighted by atomic mass is 10.1. The van der Waals surface area contributed by atoms with Gasteiger partial charge in [-0.05, 0) is 17.7 Å². The van der Waals surface area contributed by atoms with Crippen LogP contribution in [0.3, 0.4) is 0 Å². The third-order valence-corrected chi connectivity index (χ3v) is 3.02. The fraction of sp³-hybridized carbons (Fsp3) is 0.176. The fourth-order valence-electron chi connectivity index (χ4n) is 2.06. The minimum absolute atomic E-state index is 0.222. The maximum absolute atomic E-state index is 12.3. The third kappa shape index (κ3) is 4.76. The smallest absolute Gasteiger partial charge is 0.247 e. The first-order valence-corrected chi connectivity index (χ1v) is 6.82. The summed E-state index contributed by atoms with van der Waals surface area (Å²) in [7, 11) is 0. The number of anilines is 1. The number of hydrogen-bond donors (Lipinski definition) is 2. The summed E-state index contributed by atoms with van der Waals surface area (Å²) < 4.78 is 0. The highest BCUT2D eigenvalue weighted by atomic mass is 16.2. The Bertz CT molecular complexity index is 597. The number of hydrogen-bond acceptors (Lipinski definition) is 2. The molecule has 0 saturated carbocycles. The molecule has 0 radical (unpaired) electrons. The summed E-state index contributed by atoms with van der Waals surface area (Å²) in [6, 6.07) is 18.2. The highest BCUT2D eigenvalue weighted by Crippen LogP contribution is 2.08. The van der Waals surface area contributed by atoms with Crippen LogP contribution in [0.1, 0.15) is 12.5 Å². The minimum atomic E-state index is -0.592. The summed E-state index contributed by atoms with van der Waals surface area (Å²) in [6.07, 6.45) is 0.457. The summed E-state index contributed by atoms with van der Waals surface area (Å²) in [5.74, 6) is -0.445. The first-order valence-electron chi connectivity index (χ1n) is 6.82. The second kappa shape index (κ2) is 7.24. The van der Waals surface area contributed by atoms with Gasteiger partial charge in [0.1, 0.15) is 6.04 Å². The van der Waals surface area contributed by atoms with Gasteiger partial charge in [-0.25, -0.2) is 0 Å². The quantitative estimate of drug-likeness (QED) is 0.884. The number of benzene rings is 2. The van der Waals surface area contributed by atoms with E-state index in [0.29, 0.717) is 12.1 Å². The van der Waals surface area contributed by atoms with Crippen molar-refractivity contribution in [1.29, 1.82) is 0 Å². The van der Waals surface area contributed by atoms with E-state index in [1.165, 1.54) is 6.92 Å². The predicted octanol–water partition coefficient (Wildman–Crippen LogP) is 2.37. The molecule has 1 atom stereocenters. The molecule has 2 aromatic carbocycles. The van der Waals surface area contributed by atoms with Crippen LogP contribution in [0.2, 0.25) is 0 Å². The number of amides is 2. The SMILES string of the molecule is CC(=O)N[C@H](Cc1ccccc1)C(=O)Nc1ccccc1. The molecule has 0 aliphatic rings. The van der Waals surface area contributed by atoms with Crippen LogP contribution in [0, 0.1) is 0 Å². The van der Waals surface area contributed by atoms with Crippen molar-refractivity contribution in [2.45, 2.75) is 19.4 Å². The van der Waals surface area contributed by atoms with E-state index in [-0.39, 0.29) is 11.8 Å². The van der Waals surface area contributed by atoms with E-state index in [1.54, 1.807) is 0 Å². The molecule has 0 fully saturated rings. The van der Waals surface area contributed by atoms with Crippen molar-refractivity contribution in [2.75, 3.05) is 5.32 Å². The van der Waals surface area contributed by atoms with E-state index in [1.807, 2.05) is 60.7 Å². The maximum atomic E-state index is 12.3. The molecule has 2 N–H and O–H groups in total. The molecule has 21 heavy (non-hydrogen) atoms. The van der Waals surface area contributed by atoms with E-state index in [4.69, 9.17) is 0 Å². The highest BCUT2D eigenvalue weighted by Gasteiger charge is 2.19. The van der Waals surface area contributed by atoms with Gasteiger partial charge in [0.05, 0.1) is 0 Å². The van der Waals surface area contributed by atoms with E-state index >= 15 is 0 Å². The lowest BCUT2D eigenvalue weighted by Crippen LogP contribution is -2.44. The summed E-state index contributed by atoms with van der Waals surface area (Å²) in [5.41, 5.74) is 1.71. The van der Waals surface area contributed by atoms with Crippen molar-refractivity contribution in [2.24, 2.45) is 0 Å². The van der Waals surface area contributed by atoms with E-state index < -0.39 is 6.04 Å². The molecule has 2 rings (SSSR count). The van der Waals surface area contributed by atoms with E-state index in [0.717, 1.165) is 5.56 Å². The molecular weight excluding hydrogens is 264 g/mol. The summed E-state index contributed by atoms with van der Waals surface area (Å²) in [6.45, 7) is 1.41. The third-order valence-electron chi connectivity index (χ3n) is 3.02. The summed E-state index contributed by atoms with van der Waals surface area (Å²) in [5, 5.41) is 5.51. The van der Waals surface area contributed by atoms with Crippen LogP contribution in [0.25, 0.3) is 0 Å². The summed E-state index contributed by atoms with van der Waals surface area (Å²) >= 11 is 0. The number of para-hydroxylation sites is 1. The van der Waals surface area contributed by atoms with Crippen LogP contribution in [-0.4, -0.2) is 17.9 Å². The normalized spacial score (nSPS) is 11.5. The Morgan fingerprint density at radius 1 is 0.952 bits per heavy atom. The first kappa shape index (κ1) is 14.8. The van der Waals surface area contributed by atoms with E-state index in [2.05, 4.69) is 10.6 Å². The second-order valence-corrected chi connectivity index (χ2v) is 4.80. The molecular formula is C17H18N2O2. The van der Waals surface area contributed by atoms with Crippen LogP contribution >= 0.6 is 0 Å². The minimum Gasteiger partial charge on any atom is -0.344 e. The summed E-state index contributed by atoms with van der Waals surface area (Å²) in [4.78, 5) is 23.6. The molecule has 4 heteroatoms. The van der Waals surface area contributed by atoms with Gasteiger partial charge in [-0.15, -0.1) is 0 Å². The first-order chi connectivity index (χ1) is 10.1. The van der Waals surface area contributed by atoms with Crippen LogP contribution in [0.15, 0.2) is 60.7 Å². The Morgan fingerprint density at radius 3 is 2.10 bits per heavy atom. The Morgan fingerprint density at radius 2 is 1.52 bits per heavy atom. The van der Waals surface area contributed by atoms with Gasteiger partial charge in [-0.1, -0.05) is 48.5 Å². The molecule has 108 valence electrons. The standard InChI is InChI=1S/C17H18N2O2/c1-13(20)18-16(12-14-8-4-2-5-9-14)17(21)19-15-10-6-3-7-11-15/h2-11,16H,12H2,1H3,(H,18,20)(H,19,21)/t16-/m1/s1. The number of carbonyl (C=O) groups excluding carboxylic acids is 2. The van der Waals surface area contributed by atoms with Crippen molar-refractivity contribution in [1.82, 2.24) is 5.32 Å². The molecule has 0 heterocycles. The Labute approximate surface area is 124 Å². The molecule has 0 aliphatic carbocycles. The molecule has 4 nitrogen and oxygen atoms in total. The largest absolute Gasteiger partial charge is 0.344 e. The zero-order valence-electron chi connectivity index (χ0n) is 11.9. The zero-order valence-corrected chi connectivity index (χ0v) is 11.9. The van der Waals surface area contributed by atoms with Gasteiger partial charge < -0.3 is 10.6 Å². The molecule has 0 unspecified atom stereocenters. The Balaban J connectivity index is 2.08. The van der Waals surface area contributed by atoms with Crippen molar-refractivity contribution in [3.63, 3.8) is 0 Å². The average Bonchev–Trinajstić information content (AvgIpc) is 2.48. The Kier molecular flexibility index (Phi) is 5.10. The predicted molar refractivity (Wildman–Crippen MR) is 82.8 cm³/mol. The molecule has 0 bridgehead atoms. The van der Waals surface area contributed by atoms with Gasteiger partial charge in [0.2, 0.25) is 11.8 Å². The van der Waals surface area contributed by atoms with Gasteiger partial charge in [0, 0.05) is 19.0 Å². The van der Waals surface area contributed by atoms with Crippen LogP contribution < -0.4 is 10.6 Å². The average molecular weight is 282 g/mol. The molecule has 2 aromatic rings. The zero-order chi connectivity index (χ0) is 15.1. The van der Waals surface area contributed by atoms with Crippen LogP contribution in [0.5, 0.6) is 0 Å². The van der Waals surface area contributed by atoms with Gasteiger partial charge in [0.15, 0.2) is 0 Å². The van der Waals surface area contributed by atoms with Crippen LogP contribution in [0.4, 0.5) is 5.69 Å².